The molecule has 0 saturated heterocycles. The van der Waals surface area contributed by atoms with E-state index in [1.165, 1.54) is 13.1 Å². The summed E-state index contributed by atoms with van der Waals surface area (Å²) in [5, 5.41) is 9.55. The number of fused-ring (bicyclic) bond motifs is 1. The minimum Gasteiger partial charge on any atom is -0.345 e. The number of amides is 3. The monoisotopic (exact) mass is 426 g/mol. The molecule has 0 spiro atoms. The van der Waals surface area contributed by atoms with Crippen molar-refractivity contribution in [3.8, 4) is 0 Å². The molecule has 3 N–H and O–H groups in total. The zero-order valence-corrected chi connectivity index (χ0v) is 18.5. The molecule has 0 fully saturated rings. The van der Waals surface area contributed by atoms with Gasteiger partial charge < -0.3 is 20.7 Å². The molecule has 0 aliphatic carbocycles. The number of benzene rings is 1. The predicted molar refractivity (Wildman–Crippen MR) is 118 cm³/mol. The van der Waals surface area contributed by atoms with Gasteiger partial charge in [-0.15, -0.1) is 0 Å². The standard InChI is InChI=1S/C23H30N4O4/c1-13(2)19(12-28)26-21(29)15(5)25-23(31)20(14(3)4)27-22(30)18-11-24-10-16-8-6-7-9-17(16)18/h6-15,19-20H,1-5H3,(H,25,31)(H,26,29)(H,27,30)/t15-,19+,20-/m0/s1. The molecule has 0 aliphatic heterocycles. The van der Waals surface area contributed by atoms with E-state index in [1.54, 1.807) is 20.0 Å². The fourth-order valence-electron chi connectivity index (χ4n) is 3.07. The Morgan fingerprint density at radius 2 is 1.55 bits per heavy atom. The Kier molecular flexibility index (Phi) is 8.24. The first-order valence-electron chi connectivity index (χ1n) is 10.3. The van der Waals surface area contributed by atoms with Crippen molar-refractivity contribution in [3.05, 3.63) is 42.2 Å². The first kappa shape index (κ1) is 24.0. The molecule has 2 rings (SSSR count). The number of hydrogen-bond donors (Lipinski definition) is 3. The van der Waals surface area contributed by atoms with Gasteiger partial charge in [-0.05, 0) is 24.1 Å². The van der Waals surface area contributed by atoms with Gasteiger partial charge >= 0.3 is 0 Å². The lowest BCUT2D eigenvalue weighted by atomic mass is 10.0. The highest BCUT2D eigenvalue weighted by molar-refractivity contribution is 6.07. The zero-order chi connectivity index (χ0) is 23.1. The van der Waals surface area contributed by atoms with Crippen molar-refractivity contribution in [3.63, 3.8) is 0 Å². The van der Waals surface area contributed by atoms with Crippen LogP contribution >= 0.6 is 0 Å². The van der Waals surface area contributed by atoms with Crippen molar-refractivity contribution in [2.75, 3.05) is 0 Å². The van der Waals surface area contributed by atoms with Crippen LogP contribution in [0.25, 0.3) is 10.8 Å². The number of aromatic nitrogens is 1. The van der Waals surface area contributed by atoms with Crippen LogP contribution in [0.4, 0.5) is 0 Å². The zero-order valence-electron chi connectivity index (χ0n) is 18.5. The van der Waals surface area contributed by atoms with E-state index in [0.717, 1.165) is 10.8 Å². The van der Waals surface area contributed by atoms with Crippen molar-refractivity contribution >= 4 is 34.8 Å². The highest BCUT2D eigenvalue weighted by atomic mass is 16.2. The van der Waals surface area contributed by atoms with Crippen LogP contribution < -0.4 is 16.0 Å². The molecule has 8 nitrogen and oxygen atoms in total. The smallest absolute Gasteiger partial charge is 0.254 e. The molecule has 1 aromatic heterocycles. The van der Waals surface area contributed by atoms with Crippen LogP contribution in [0.15, 0.2) is 36.7 Å². The van der Waals surface area contributed by atoms with E-state index >= 15 is 0 Å². The normalized spacial score (nSPS) is 14.0. The summed E-state index contributed by atoms with van der Waals surface area (Å²) >= 11 is 0. The highest BCUT2D eigenvalue weighted by Crippen LogP contribution is 2.17. The Labute approximate surface area is 182 Å². The van der Waals surface area contributed by atoms with Gasteiger partial charge in [-0.1, -0.05) is 52.0 Å². The van der Waals surface area contributed by atoms with Crippen LogP contribution in [0.5, 0.6) is 0 Å². The van der Waals surface area contributed by atoms with Crippen LogP contribution in [0.2, 0.25) is 0 Å². The lowest BCUT2D eigenvalue weighted by Crippen LogP contribution is -2.56. The lowest BCUT2D eigenvalue weighted by molar-refractivity contribution is -0.131. The number of rotatable bonds is 9. The quantitative estimate of drug-likeness (QED) is 0.529. The average Bonchev–Trinajstić information content (AvgIpc) is 2.74. The van der Waals surface area contributed by atoms with Gasteiger partial charge in [0.05, 0.1) is 11.6 Å². The minimum absolute atomic E-state index is 0.0682. The molecule has 166 valence electrons. The number of carbonyl (C=O) groups is 4. The number of nitrogens with zero attached hydrogens (tertiary/aromatic N) is 1. The van der Waals surface area contributed by atoms with Crippen molar-refractivity contribution in [2.45, 2.75) is 52.7 Å². The number of hydrogen-bond acceptors (Lipinski definition) is 5. The van der Waals surface area contributed by atoms with Gasteiger partial charge in [0, 0.05) is 17.8 Å². The Morgan fingerprint density at radius 3 is 2.16 bits per heavy atom. The minimum atomic E-state index is -0.869. The molecular formula is C23H30N4O4. The van der Waals surface area contributed by atoms with Crippen LogP contribution in [0.3, 0.4) is 0 Å². The third-order valence-electron chi connectivity index (χ3n) is 5.07. The molecule has 1 aromatic carbocycles. The molecule has 0 aliphatic rings. The van der Waals surface area contributed by atoms with Gasteiger partial charge in [0.2, 0.25) is 11.8 Å². The van der Waals surface area contributed by atoms with Gasteiger partial charge in [0.15, 0.2) is 0 Å². The largest absolute Gasteiger partial charge is 0.345 e. The van der Waals surface area contributed by atoms with Crippen LogP contribution in [-0.2, 0) is 14.4 Å². The first-order chi connectivity index (χ1) is 14.6. The Balaban J connectivity index is 2.11. The molecule has 3 atom stereocenters. The Bertz CT molecular complexity index is 952. The van der Waals surface area contributed by atoms with E-state index < -0.39 is 35.8 Å². The number of aldehydes is 1. The molecular weight excluding hydrogens is 396 g/mol. The second kappa shape index (κ2) is 10.7. The van der Waals surface area contributed by atoms with E-state index in [2.05, 4.69) is 20.9 Å². The number of nitrogens with one attached hydrogen (secondary N) is 3. The second-order valence-electron chi connectivity index (χ2n) is 8.25. The van der Waals surface area contributed by atoms with E-state index in [0.29, 0.717) is 11.8 Å². The topological polar surface area (TPSA) is 117 Å². The summed E-state index contributed by atoms with van der Waals surface area (Å²) < 4.78 is 0. The lowest BCUT2D eigenvalue weighted by Gasteiger charge is -2.25. The average molecular weight is 427 g/mol. The third-order valence-corrected chi connectivity index (χ3v) is 5.07. The van der Waals surface area contributed by atoms with Crippen molar-refractivity contribution in [1.29, 1.82) is 0 Å². The second-order valence-corrected chi connectivity index (χ2v) is 8.25. The first-order valence-corrected chi connectivity index (χ1v) is 10.3. The summed E-state index contributed by atoms with van der Waals surface area (Å²) in [4.78, 5) is 53.3. The third kappa shape index (κ3) is 6.10. The molecule has 0 saturated carbocycles. The molecule has 0 unspecified atom stereocenters. The van der Waals surface area contributed by atoms with Crippen molar-refractivity contribution in [2.24, 2.45) is 11.8 Å². The summed E-state index contributed by atoms with van der Waals surface area (Å²) in [5.41, 5.74) is 0.369. The molecule has 31 heavy (non-hydrogen) atoms. The number of carbonyl (C=O) groups excluding carboxylic acids is 4. The van der Waals surface area contributed by atoms with Gasteiger partial charge in [-0.2, -0.15) is 0 Å². The molecule has 3 amide bonds. The van der Waals surface area contributed by atoms with E-state index in [-0.39, 0.29) is 11.8 Å². The van der Waals surface area contributed by atoms with Gasteiger partial charge in [-0.25, -0.2) is 0 Å². The fraction of sp³-hybridized carbons (Fsp3) is 0.435. The summed E-state index contributed by atoms with van der Waals surface area (Å²) in [5.74, 6) is -1.66. The molecule has 2 aromatic rings. The van der Waals surface area contributed by atoms with Gasteiger partial charge in [-0.3, -0.25) is 19.4 Å². The highest BCUT2D eigenvalue weighted by Gasteiger charge is 2.28. The predicted octanol–water partition coefficient (Wildman–Crippen LogP) is 1.83. The molecule has 0 radical (unpaired) electrons. The van der Waals surface area contributed by atoms with E-state index in [9.17, 15) is 19.2 Å². The van der Waals surface area contributed by atoms with Crippen molar-refractivity contribution < 1.29 is 19.2 Å². The maximum absolute atomic E-state index is 12.9. The molecule has 1 heterocycles. The fourth-order valence-corrected chi connectivity index (χ4v) is 3.07. The maximum Gasteiger partial charge on any atom is 0.254 e. The van der Waals surface area contributed by atoms with Gasteiger partial charge in [0.25, 0.3) is 5.91 Å². The van der Waals surface area contributed by atoms with Crippen LogP contribution in [-0.4, -0.2) is 47.1 Å². The summed E-state index contributed by atoms with van der Waals surface area (Å²) in [6.07, 6.45) is 3.81. The Morgan fingerprint density at radius 1 is 0.871 bits per heavy atom. The summed E-state index contributed by atoms with van der Waals surface area (Å²) in [6.45, 7) is 8.77. The maximum atomic E-state index is 12.9. The summed E-state index contributed by atoms with van der Waals surface area (Å²) in [7, 11) is 0. The van der Waals surface area contributed by atoms with Crippen LogP contribution in [0.1, 0.15) is 45.0 Å². The number of pyridine rings is 1. The molecule has 0 bridgehead atoms. The van der Waals surface area contributed by atoms with Crippen molar-refractivity contribution in [1.82, 2.24) is 20.9 Å². The van der Waals surface area contributed by atoms with Gasteiger partial charge in [0.1, 0.15) is 18.4 Å². The van der Waals surface area contributed by atoms with E-state index in [4.69, 9.17) is 0 Å². The Hall–Kier alpha value is -3.29. The van der Waals surface area contributed by atoms with Crippen LogP contribution in [0, 0.1) is 11.8 Å². The SMILES string of the molecule is CC(C)[C@H](NC(=O)c1cncc2ccccc12)C(=O)N[C@@H](C)C(=O)N[C@H](C=O)C(C)C. The molecule has 8 heteroatoms. The van der Waals surface area contributed by atoms with E-state index in [1.807, 2.05) is 38.1 Å². The summed E-state index contributed by atoms with van der Waals surface area (Å²) in [6, 6.07) is 5.01.